The summed E-state index contributed by atoms with van der Waals surface area (Å²) in [4.78, 5) is 30.6. The number of fused-ring (bicyclic) bond motifs is 3. The first-order valence-corrected chi connectivity index (χ1v) is 23.0. The lowest BCUT2D eigenvalue weighted by atomic mass is 9.58. The van der Waals surface area contributed by atoms with Gasteiger partial charge in [0.1, 0.15) is 5.75 Å². The minimum absolute atomic E-state index is 0.0492. The number of amides is 2. The third kappa shape index (κ3) is 7.87. The Morgan fingerprint density at radius 2 is 1.62 bits per heavy atom. The Labute approximate surface area is 336 Å². The van der Waals surface area contributed by atoms with E-state index in [1.165, 1.54) is 10.4 Å². The van der Waals surface area contributed by atoms with E-state index in [4.69, 9.17) is 9.08 Å². The Balaban J connectivity index is 1.30. The van der Waals surface area contributed by atoms with Crippen molar-refractivity contribution in [2.75, 3.05) is 6.61 Å². The molecule has 7 rings (SSSR count). The molecule has 2 aliphatic heterocycles. The van der Waals surface area contributed by atoms with Crippen molar-refractivity contribution in [3.63, 3.8) is 0 Å². The smallest absolute Gasteiger partial charge is 0.455 e. The normalized spacial score (nSPS) is 24.0. The maximum Gasteiger partial charge on any atom is 0.455 e. The second-order valence-corrected chi connectivity index (χ2v) is 22.2. The second kappa shape index (κ2) is 16.7. The SMILES string of the molecule is CC/C(=C\c1cc(Br)ccc1O)CC[C@H]1OB(O)C[C@H]2C1=C(CO[Si](c1ccccc1)(c1ccccc1)C(C)(C)C)C[C@H]1C(=O)N(C3CCCCC3)C(=O)[C@H]12. The summed E-state index contributed by atoms with van der Waals surface area (Å²) in [6.07, 6.45) is 9.26. The highest BCUT2D eigenvalue weighted by atomic mass is 79.9. The van der Waals surface area contributed by atoms with Gasteiger partial charge in [0.2, 0.25) is 11.8 Å². The van der Waals surface area contributed by atoms with Gasteiger partial charge in [0.25, 0.3) is 8.32 Å². The van der Waals surface area contributed by atoms with Crippen LogP contribution in [0, 0.1) is 17.8 Å². The Kier molecular flexibility index (Phi) is 12.1. The quantitative estimate of drug-likeness (QED) is 0.115. The van der Waals surface area contributed by atoms with Crippen LogP contribution in [0.1, 0.15) is 91.0 Å². The maximum atomic E-state index is 14.5. The predicted octanol–water partition coefficient (Wildman–Crippen LogP) is 8.43. The number of hydrogen-bond donors (Lipinski definition) is 2. The van der Waals surface area contributed by atoms with Crippen LogP contribution in [0.2, 0.25) is 11.4 Å². The van der Waals surface area contributed by atoms with E-state index in [0.717, 1.165) is 65.3 Å². The lowest BCUT2D eigenvalue weighted by molar-refractivity contribution is -0.143. The molecule has 7 nitrogen and oxygen atoms in total. The molecule has 2 amide bonds. The highest BCUT2D eigenvalue weighted by molar-refractivity contribution is 9.10. The summed E-state index contributed by atoms with van der Waals surface area (Å²) in [7, 11) is -4.00. The van der Waals surface area contributed by atoms with Gasteiger partial charge in [0.15, 0.2) is 0 Å². The number of phenolic OH excluding ortho intramolecular Hbond substituents is 1. The molecule has 0 radical (unpaired) electrons. The third-order valence-electron chi connectivity index (χ3n) is 12.7. The van der Waals surface area contributed by atoms with E-state index in [2.05, 4.69) is 92.2 Å². The number of likely N-dealkylation sites (tertiary alicyclic amines) is 1. The van der Waals surface area contributed by atoms with E-state index >= 15 is 0 Å². The fourth-order valence-corrected chi connectivity index (χ4v) is 15.0. The molecule has 55 heavy (non-hydrogen) atoms. The average molecular weight is 825 g/mol. The molecule has 3 aromatic rings. The minimum atomic E-state index is -2.95. The summed E-state index contributed by atoms with van der Waals surface area (Å²) in [5, 5.41) is 24.1. The zero-order valence-electron chi connectivity index (χ0n) is 32.7. The fourth-order valence-electron chi connectivity index (χ4n) is 10.1. The van der Waals surface area contributed by atoms with Crippen molar-refractivity contribution in [1.82, 2.24) is 4.90 Å². The summed E-state index contributed by atoms with van der Waals surface area (Å²) in [6, 6.07) is 26.5. The molecule has 1 saturated carbocycles. The molecular formula is C45H55BBrNO6Si. The number of phenols is 1. The summed E-state index contributed by atoms with van der Waals surface area (Å²) < 4.78 is 14.9. The van der Waals surface area contributed by atoms with E-state index in [1.807, 2.05) is 30.3 Å². The van der Waals surface area contributed by atoms with E-state index in [0.29, 0.717) is 25.9 Å². The van der Waals surface area contributed by atoms with Gasteiger partial charge in [-0.2, -0.15) is 0 Å². The average Bonchev–Trinajstić information content (AvgIpc) is 3.43. The molecule has 2 aliphatic carbocycles. The summed E-state index contributed by atoms with van der Waals surface area (Å²) >= 11 is 3.53. The monoisotopic (exact) mass is 823 g/mol. The van der Waals surface area contributed by atoms with Gasteiger partial charge in [-0.15, -0.1) is 0 Å². The Hall–Kier alpha value is -3.28. The number of nitrogens with zero attached hydrogens (tertiary/aromatic N) is 1. The van der Waals surface area contributed by atoms with Crippen LogP contribution in [-0.2, 0) is 18.7 Å². The largest absolute Gasteiger partial charge is 0.507 e. The number of allylic oxidation sites excluding steroid dienone is 1. The molecule has 10 heteroatoms. The molecule has 4 aliphatic rings. The molecule has 3 aromatic carbocycles. The van der Waals surface area contributed by atoms with Gasteiger partial charge in [-0.3, -0.25) is 14.5 Å². The summed E-state index contributed by atoms with van der Waals surface area (Å²) in [6.45, 7) is 9.22. The molecule has 0 bridgehead atoms. The molecule has 0 aromatic heterocycles. The molecule has 2 N–H and O–H groups in total. The topological polar surface area (TPSA) is 96.3 Å². The van der Waals surface area contributed by atoms with Crippen LogP contribution < -0.4 is 10.4 Å². The lowest BCUT2D eigenvalue weighted by Crippen LogP contribution is -2.66. The number of rotatable bonds is 11. The van der Waals surface area contributed by atoms with Crippen molar-refractivity contribution in [1.29, 1.82) is 0 Å². The zero-order valence-corrected chi connectivity index (χ0v) is 35.3. The van der Waals surface area contributed by atoms with Crippen LogP contribution in [0.4, 0.5) is 0 Å². The van der Waals surface area contributed by atoms with Crippen molar-refractivity contribution in [3.05, 3.63) is 106 Å². The number of aromatic hydroxyl groups is 1. The fraction of sp³-hybridized carbons (Fsp3) is 0.467. The number of carbonyl (C=O) groups is 2. The maximum absolute atomic E-state index is 14.5. The standard InChI is InChI=1S/C45H55BBrNO6Si/c1-5-30(25-31-26-33(47)22-23-39(31)49)21-24-40-41-32(29-53-55(45(2,3)4,35-17-11-7-12-18-35)36-19-13-8-14-20-36)27-37-42(38(41)28-46(52)54-40)44(51)48(43(37)50)34-15-9-6-10-16-34/h7-8,11-14,17-20,22-23,25-26,34,37-38,40,42,49,52H,5-6,9-10,15-16,21,24,27-29H2,1-4H3/b30-25+/t37-,38+,40-,42-/m1/s1. The van der Waals surface area contributed by atoms with Crippen molar-refractivity contribution in [2.24, 2.45) is 17.8 Å². The molecule has 2 heterocycles. The van der Waals surface area contributed by atoms with Crippen molar-refractivity contribution >= 4 is 59.6 Å². The first-order chi connectivity index (χ1) is 26.4. The Bertz CT molecular complexity index is 1880. The molecule has 0 unspecified atom stereocenters. The zero-order chi connectivity index (χ0) is 38.9. The van der Waals surface area contributed by atoms with Gasteiger partial charge in [0.05, 0.1) is 24.5 Å². The van der Waals surface area contributed by atoms with E-state index in [-0.39, 0.29) is 40.9 Å². The van der Waals surface area contributed by atoms with Crippen molar-refractivity contribution in [3.8, 4) is 5.75 Å². The highest BCUT2D eigenvalue weighted by Crippen LogP contribution is 2.52. The van der Waals surface area contributed by atoms with Gasteiger partial charge >= 0.3 is 7.12 Å². The van der Waals surface area contributed by atoms with Gasteiger partial charge in [-0.25, -0.2) is 0 Å². The van der Waals surface area contributed by atoms with Gasteiger partial charge < -0.3 is 19.2 Å². The Morgan fingerprint density at radius 1 is 0.964 bits per heavy atom. The van der Waals surface area contributed by atoms with Crippen LogP contribution in [-0.4, -0.2) is 61.0 Å². The Morgan fingerprint density at radius 3 is 2.24 bits per heavy atom. The lowest BCUT2D eigenvalue weighted by Gasteiger charge is -2.46. The number of benzene rings is 3. The first-order valence-electron chi connectivity index (χ1n) is 20.3. The minimum Gasteiger partial charge on any atom is -0.507 e. The van der Waals surface area contributed by atoms with E-state index < -0.39 is 33.4 Å². The van der Waals surface area contributed by atoms with Crippen LogP contribution in [0.3, 0.4) is 0 Å². The summed E-state index contributed by atoms with van der Waals surface area (Å²) in [5.41, 5.74) is 3.96. The molecular weight excluding hydrogens is 769 g/mol. The first kappa shape index (κ1) is 39.9. The molecule has 290 valence electrons. The predicted molar refractivity (Wildman–Crippen MR) is 225 cm³/mol. The highest BCUT2D eigenvalue weighted by Gasteiger charge is 2.59. The number of carbonyl (C=O) groups excluding carboxylic acids is 2. The molecule has 3 fully saturated rings. The van der Waals surface area contributed by atoms with E-state index in [1.54, 1.807) is 11.0 Å². The number of halogens is 1. The second-order valence-electron chi connectivity index (χ2n) is 17.0. The summed E-state index contributed by atoms with van der Waals surface area (Å²) in [5.74, 6) is -1.21. The van der Waals surface area contributed by atoms with E-state index in [9.17, 15) is 19.7 Å². The van der Waals surface area contributed by atoms with Crippen molar-refractivity contribution < 1.29 is 28.8 Å². The number of hydrogen-bond acceptors (Lipinski definition) is 6. The van der Waals surface area contributed by atoms with Crippen LogP contribution >= 0.6 is 15.9 Å². The van der Waals surface area contributed by atoms with Crippen LogP contribution in [0.5, 0.6) is 5.75 Å². The molecule has 2 saturated heterocycles. The van der Waals surface area contributed by atoms with Crippen molar-refractivity contribution in [2.45, 2.75) is 109 Å². The van der Waals surface area contributed by atoms with Crippen LogP contribution in [0.15, 0.2) is 100 Å². The number of imide groups is 1. The van der Waals surface area contributed by atoms with Crippen LogP contribution in [0.25, 0.3) is 6.08 Å². The third-order valence-corrected chi connectivity index (χ3v) is 18.2. The molecule has 0 spiro atoms. The van der Waals surface area contributed by atoms with Gasteiger partial charge in [0, 0.05) is 16.1 Å². The van der Waals surface area contributed by atoms with Gasteiger partial charge in [-0.05, 0) is 95.5 Å². The van der Waals surface area contributed by atoms with Gasteiger partial charge in [-0.1, -0.05) is 135 Å². The molecule has 4 atom stereocenters.